The van der Waals surface area contributed by atoms with Gasteiger partial charge in [-0.15, -0.1) is 12.6 Å². The largest absolute Gasteiger partial charge is 0.450 e. The van der Waals surface area contributed by atoms with Crippen molar-refractivity contribution in [3.63, 3.8) is 0 Å². The van der Waals surface area contributed by atoms with Gasteiger partial charge in [0.25, 0.3) is 0 Å². The zero-order chi connectivity index (χ0) is 17.2. The van der Waals surface area contributed by atoms with Crippen LogP contribution in [0.15, 0.2) is 10.6 Å². The molecule has 0 aromatic carbocycles. The van der Waals surface area contributed by atoms with Crippen LogP contribution in [0.4, 0.5) is 4.79 Å². The Morgan fingerprint density at radius 3 is 2.52 bits per heavy atom. The molecule has 7 nitrogen and oxygen atoms in total. The van der Waals surface area contributed by atoms with Gasteiger partial charge >= 0.3 is 6.09 Å². The van der Waals surface area contributed by atoms with Gasteiger partial charge in [0.2, 0.25) is 5.91 Å². The fourth-order valence-corrected chi connectivity index (χ4v) is 3.62. The van der Waals surface area contributed by atoms with E-state index in [-0.39, 0.29) is 17.5 Å². The van der Waals surface area contributed by atoms with Crippen molar-refractivity contribution in [2.45, 2.75) is 19.8 Å². The van der Waals surface area contributed by atoms with Crippen molar-refractivity contribution in [3.05, 3.63) is 10.6 Å². The van der Waals surface area contributed by atoms with Crippen LogP contribution in [0.5, 0.6) is 0 Å². The third-order valence-corrected chi connectivity index (χ3v) is 5.12. The normalized spacial score (nSPS) is 23.5. The summed E-state index contributed by atoms with van der Waals surface area (Å²) in [6.45, 7) is 2.68. The Kier molecular flexibility index (Phi) is 4.86. The maximum absolute atomic E-state index is 12.4. The minimum absolute atomic E-state index is 0.286. The predicted molar refractivity (Wildman–Crippen MR) is 83.8 cm³/mol. The standard InChI is InChI=1S/C15H18N4O3S/c1-3-22-14(21)19-6-4-15(5-7-19)10(8-16)12(20)18(2)13(23)11(15)9-17/h10,23H,3-7H2,1-2H3. The van der Waals surface area contributed by atoms with Gasteiger partial charge < -0.3 is 14.5 Å². The fourth-order valence-electron chi connectivity index (χ4n) is 3.25. The Morgan fingerprint density at radius 2 is 2.04 bits per heavy atom. The summed E-state index contributed by atoms with van der Waals surface area (Å²) < 4.78 is 4.98. The van der Waals surface area contributed by atoms with Gasteiger partial charge in [-0.1, -0.05) is 0 Å². The molecule has 2 heterocycles. The second-order valence-electron chi connectivity index (χ2n) is 5.61. The molecule has 2 amide bonds. The molecule has 0 saturated carbocycles. The molecule has 2 aliphatic rings. The van der Waals surface area contributed by atoms with Crippen molar-refractivity contribution in [3.8, 4) is 12.1 Å². The highest BCUT2D eigenvalue weighted by Gasteiger charge is 2.54. The highest BCUT2D eigenvalue weighted by atomic mass is 32.1. The van der Waals surface area contributed by atoms with Crippen LogP contribution in [-0.2, 0) is 9.53 Å². The predicted octanol–water partition coefficient (Wildman–Crippen LogP) is 1.50. The molecule has 8 heteroatoms. The lowest BCUT2D eigenvalue weighted by Gasteiger charge is -2.47. The molecule has 2 rings (SSSR count). The lowest BCUT2D eigenvalue weighted by Crippen LogP contribution is -2.53. The number of hydrogen-bond acceptors (Lipinski definition) is 6. The maximum atomic E-state index is 12.4. The molecule has 1 saturated heterocycles. The number of carbonyl (C=O) groups is 2. The summed E-state index contributed by atoms with van der Waals surface area (Å²) in [5.41, 5.74) is -0.536. The minimum atomic E-state index is -0.942. The van der Waals surface area contributed by atoms with Crippen LogP contribution < -0.4 is 0 Å². The van der Waals surface area contributed by atoms with Crippen molar-refractivity contribution >= 4 is 24.6 Å². The van der Waals surface area contributed by atoms with Crippen molar-refractivity contribution in [2.75, 3.05) is 26.7 Å². The van der Waals surface area contributed by atoms with Gasteiger partial charge in [-0.05, 0) is 19.8 Å². The van der Waals surface area contributed by atoms with Crippen LogP contribution >= 0.6 is 12.6 Å². The van der Waals surface area contributed by atoms with E-state index >= 15 is 0 Å². The molecular formula is C15H18N4O3S. The average Bonchev–Trinajstić information content (AvgIpc) is 2.55. The molecule has 0 aliphatic carbocycles. The second kappa shape index (κ2) is 6.51. The number of rotatable bonds is 1. The zero-order valence-corrected chi connectivity index (χ0v) is 14.0. The highest BCUT2D eigenvalue weighted by molar-refractivity contribution is 7.84. The van der Waals surface area contributed by atoms with E-state index in [1.54, 1.807) is 11.8 Å². The Balaban J connectivity index is 2.36. The molecule has 1 unspecified atom stereocenters. The van der Waals surface area contributed by atoms with E-state index in [1.165, 1.54) is 11.9 Å². The second-order valence-corrected chi connectivity index (χ2v) is 6.04. The molecule has 0 aromatic heterocycles. The van der Waals surface area contributed by atoms with Crippen LogP contribution in [0.2, 0.25) is 0 Å². The summed E-state index contributed by atoms with van der Waals surface area (Å²) in [7, 11) is 1.51. The number of carbonyl (C=O) groups excluding carboxylic acids is 2. The van der Waals surface area contributed by atoms with E-state index in [0.717, 1.165) is 0 Å². The first-order valence-electron chi connectivity index (χ1n) is 7.35. The smallest absolute Gasteiger partial charge is 0.409 e. The summed E-state index contributed by atoms with van der Waals surface area (Å²) in [5.74, 6) is -1.30. The van der Waals surface area contributed by atoms with Gasteiger partial charge in [0.05, 0.1) is 29.3 Å². The molecule has 1 spiro atoms. The van der Waals surface area contributed by atoms with Crippen molar-refractivity contribution in [1.29, 1.82) is 10.5 Å². The molecule has 0 bridgehead atoms. The van der Waals surface area contributed by atoms with E-state index in [2.05, 4.69) is 24.8 Å². The molecule has 0 radical (unpaired) electrons. The summed E-state index contributed by atoms with van der Waals surface area (Å²) in [5, 5.41) is 19.3. The fraction of sp³-hybridized carbons (Fsp3) is 0.600. The molecule has 1 fully saturated rings. The maximum Gasteiger partial charge on any atom is 0.409 e. The molecular weight excluding hydrogens is 316 g/mol. The molecule has 2 aliphatic heterocycles. The number of piperidine rings is 1. The Hall–Kier alpha value is -2.19. The summed E-state index contributed by atoms with van der Waals surface area (Å²) >= 11 is 4.30. The quantitative estimate of drug-likeness (QED) is 0.733. The summed E-state index contributed by atoms with van der Waals surface area (Å²) in [6.07, 6.45) is 0.302. The number of amides is 2. The van der Waals surface area contributed by atoms with Gasteiger partial charge in [0, 0.05) is 25.6 Å². The van der Waals surface area contributed by atoms with Crippen LogP contribution in [-0.4, -0.2) is 48.5 Å². The van der Waals surface area contributed by atoms with Gasteiger partial charge in [-0.2, -0.15) is 10.5 Å². The molecule has 0 N–H and O–H groups in total. The van der Waals surface area contributed by atoms with Crippen LogP contribution in [0.1, 0.15) is 19.8 Å². The number of ether oxygens (including phenoxy) is 1. The molecule has 122 valence electrons. The molecule has 1 atom stereocenters. The summed E-state index contributed by atoms with van der Waals surface area (Å²) in [6, 6.07) is 4.18. The molecule has 23 heavy (non-hydrogen) atoms. The number of nitrogens with zero attached hydrogens (tertiary/aromatic N) is 4. The third-order valence-electron chi connectivity index (χ3n) is 4.59. The number of likely N-dealkylation sites (tertiary alicyclic amines) is 1. The number of nitriles is 2. The van der Waals surface area contributed by atoms with Gasteiger partial charge in [0.1, 0.15) is 5.92 Å². The van der Waals surface area contributed by atoms with Crippen molar-refractivity contribution in [2.24, 2.45) is 11.3 Å². The van der Waals surface area contributed by atoms with E-state index in [1.807, 2.05) is 0 Å². The zero-order valence-electron chi connectivity index (χ0n) is 13.1. The van der Waals surface area contributed by atoms with Gasteiger partial charge in [-0.25, -0.2) is 4.79 Å². The Bertz CT molecular complexity index is 638. The first kappa shape index (κ1) is 17.2. The van der Waals surface area contributed by atoms with E-state index in [0.29, 0.717) is 31.5 Å². The van der Waals surface area contributed by atoms with Crippen LogP contribution in [0.3, 0.4) is 0 Å². The first-order chi connectivity index (χ1) is 10.9. The Morgan fingerprint density at radius 1 is 1.43 bits per heavy atom. The Labute approximate surface area is 140 Å². The van der Waals surface area contributed by atoms with Gasteiger partial charge in [0.15, 0.2) is 0 Å². The highest BCUT2D eigenvalue weighted by Crippen LogP contribution is 2.50. The summed E-state index contributed by atoms with van der Waals surface area (Å²) in [4.78, 5) is 27.0. The van der Waals surface area contributed by atoms with Crippen molar-refractivity contribution < 1.29 is 14.3 Å². The van der Waals surface area contributed by atoms with Crippen LogP contribution in [0.25, 0.3) is 0 Å². The van der Waals surface area contributed by atoms with E-state index in [4.69, 9.17) is 4.74 Å². The van der Waals surface area contributed by atoms with E-state index < -0.39 is 17.4 Å². The third kappa shape index (κ3) is 2.64. The number of allylic oxidation sites excluding steroid dienone is 1. The van der Waals surface area contributed by atoms with E-state index in [9.17, 15) is 20.1 Å². The van der Waals surface area contributed by atoms with Gasteiger partial charge in [-0.3, -0.25) is 4.79 Å². The number of hydrogen-bond donors (Lipinski definition) is 1. The monoisotopic (exact) mass is 334 g/mol. The lowest BCUT2D eigenvalue weighted by molar-refractivity contribution is -0.135. The lowest BCUT2D eigenvalue weighted by atomic mass is 9.63. The topological polar surface area (TPSA) is 97.4 Å². The number of thiol groups is 1. The SMILES string of the molecule is CCOC(=O)N1CCC2(CC1)C(C#N)=C(S)N(C)C(=O)C2C#N. The average molecular weight is 334 g/mol. The minimum Gasteiger partial charge on any atom is -0.450 e. The molecule has 0 aromatic rings. The van der Waals surface area contributed by atoms with Crippen LogP contribution in [0, 0.1) is 34.0 Å². The first-order valence-corrected chi connectivity index (χ1v) is 7.80. The van der Waals surface area contributed by atoms with Crippen molar-refractivity contribution in [1.82, 2.24) is 9.80 Å².